The van der Waals surface area contributed by atoms with Gasteiger partial charge in [0.05, 0.1) is 5.02 Å². The molecule has 7 heteroatoms. The number of hydrogen-bond donors (Lipinski definition) is 1. The van der Waals surface area contributed by atoms with Crippen LogP contribution in [0.25, 0.3) is 22.6 Å². The van der Waals surface area contributed by atoms with E-state index in [1.807, 2.05) is 31.2 Å². The summed E-state index contributed by atoms with van der Waals surface area (Å²) in [5.74, 6) is 0.599. The molecule has 1 unspecified atom stereocenters. The first-order valence-electron chi connectivity index (χ1n) is 9.29. The first kappa shape index (κ1) is 20.3. The van der Waals surface area contributed by atoms with E-state index in [1.54, 1.807) is 43.3 Å². The zero-order chi connectivity index (χ0) is 21.3. The number of carbonyl (C=O) groups excluding carboxylic acids is 1. The fraction of sp³-hybridized carbons (Fsp3) is 0.130. The molecule has 1 amide bonds. The van der Waals surface area contributed by atoms with Gasteiger partial charge in [-0.1, -0.05) is 40.9 Å². The maximum absolute atomic E-state index is 12.5. The molecule has 0 fully saturated rings. The summed E-state index contributed by atoms with van der Waals surface area (Å²) in [6.45, 7) is 3.66. The lowest BCUT2D eigenvalue weighted by molar-refractivity contribution is -0.122. The van der Waals surface area contributed by atoms with Crippen molar-refractivity contribution in [1.82, 2.24) is 4.98 Å². The SMILES string of the molecule is Cc1cccc(-c2nc3ccc(NC(=O)C(C)Oc4ccc(Cl)cc4Cl)cc3o2)c1. The minimum atomic E-state index is -0.767. The lowest BCUT2D eigenvalue weighted by Crippen LogP contribution is -2.30. The Morgan fingerprint density at radius 2 is 1.93 bits per heavy atom. The third kappa shape index (κ3) is 4.42. The number of anilines is 1. The molecule has 5 nitrogen and oxygen atoms in total. The summed E-state index contributed by atoms with van der Waals surface area (Å²) >= 11 is 12.0. The van der Waals surface area contributed by atoms with Crippen LogP contribution in [0.15, 0.2) is 65.1 Å². The number of hydrogen-bond acceptors (Lipinski definition) is 4. The summed E-state index contributed by atoms with van der Waals surface area (Å²) in [5.41, 5.74) is 3.90. The number of fused-ring (bicyclic) bond motifs is 1. The highest BCUT2D eigenvalue weighted by Gasteiger charge is 2.17. The summed E-state index contributed by atoms with van der Waals surface area (Å²) in [6, 6.07) is 18.1. The van der Waals surface area contributed by atoms with Crippen LogP contribution in [-0.2, 0) is 4.79 Å². The van der Waals surface area contributed by atoms with E-state index >= 15 is 0 Å². The average Bonchev–Trinajstić information content (AvgIpc) is 3.13. The molecular weight excluding hydrogens is 423 g/mol. The normalized spacial score (nSPS) is 12.0. The molecule has 1 atom stereocenters. The average molecular weight is 441 g/mol. The monoisotopic (exact) mass is 440 g/mol. The Morgan fingerprint density at radius 3 is 2.70 bits per heavy atom. The molecule has 4 aromatic rings. The van der Waals surface area contributed by atoms with Crippen molar-refractivity contribution < 1.29 is 13.9 Å². The molecule has 0 aliphatic rings. The van der Waals surface area contributed by atoms with Gasteiger partial charge in [-0.05, 0) is 56.3 Å². The number of rotatable bonds is 5. The number of halogens is 2. The van der Waals surface area contributed by atoms with Crippen molar-refractivity contribution in [2.24, 2.45) is 0 Å². The first-order valence-corrected chi connectivity index (χ1v) is 10.0. The lowest BCUT2D eigenvalue weighted by Gasteiger charge is -2.15. The standard InChI is InChI=1S/C23H18Cl2N2O3/c1-13-4-3-5-15(10-13)23-27-19-8-7-17(12-21(19)30-23)26-22(28)14(2)29-20-9-6-16(24)11-18(20)25/h3-12,14H,1-2H3,(H,26,28). The summed E-state index contributed by atoms with van der Waals surface area (Å²) in [6.07, 6.45) is -0.767. The van der Waals surface area contributed by atoms with Crippen LogP contribution in [0.5, 0.6) is 5.75 Å². The van der Waals surface area contributed by atoms with E-state index < -0.39 is 6.10 Å². The van der Waals surface area contributed by atoms with Gasteiger partial charge in [-0.2, -0.15) is 0 Å². The molecule has 30 heavy (non-hydrogen) atoms. The van der Waals surface area contributed by atoms with Crippen LogP contribution in [0.4, 0.5) is 5.69 Å². The van der Waals surface area contributed by atoms with Crippen LogP contribution < -0.4 is 10.1 Å². The van der Waals surface area contributed by atoms with Gasteiger partial charge < -0.3 is 14.5 Å². The van der Waals surface area contributed by atoms with E-state index in [4.69, 9.17) is 32.4 Å². The highest BCUT2D eigenvalue weighted by Crippen LogP contribution is 2.29. The van der Waals surface area contributed by atoms with Gasteiger partial charge in [-0.3, -0.25) is 4.79 Å². The molecule has 0 saturated carbocycles. The predicted molar refractivity (Wildman–Crippen MR) is 119 cm³/mol. The van der Waals surface area contributed by atoms with Crippen molar-refractivity contribution in [1.29, 1.82) is 0 Å². The highest BCUT2D eigenvalue weighted by molar-refractivity contribution is 6.35. The van der Waals surface area contributed by atoms with Crippen molar-refractivity contribution in [3.63, 3.8) is 0 Å². The molecule has 0 spiro atoms. The molecule has 1 aromatic heterocycles. The number of benzene rings is 3. The van der Waals surface area contributed by atoms with Crippen molar-refractivity contribution in [3.8, 4) is 17.2 Å². The van der Waals surface area contributed by atoms with E-state index in [2.05, 4.69) is 10.3 Å². The van der Waals surface area contributed by atoms with Crippen LogP contribution in [0.1, 0.15) is 12.5 Å². The summed E-state index contributed by atoms with van der Waals surface area (Å²) in [7, 11) is 0. The molecule has 152 valence electrons. The lowest BCUT2D eigenvalue weighted by atomic mass is 10.1. The maximum atomic E-state index is 12.5. The summed E-state index contributed by atoms with van der Waals surface area (Å²) in [4.78, 5) is 17.1. The highest BCUT2D eigenvalue weighted by atomic mass is 35.5. The van der Waals surface area contributed by atoms with Crippen molar-refractivity contribution in [3.05, 3.63) is 76.3 Å². The van der Waals surface area contributed by atoms with Crippen molar-refractivity contribution in [2.45, 2.75) is 20.0 Å². The second kappa shape index (κ2) is 8.38. The second-order valence-corrected chi connectivity index (χ2v) is 7.74. The zero-order valence-electron chi connectivity index (χ0n) is 16.3. The maximum Gasteiger partial charge on any atom is 0.265 e. The van der Waals surface area contributed by atoms with Crippen LogP contribution in [0, 0.1) is 6.92 Å². The van der Waals surface area contributed by atoms with Gasteiger partial charge >= 0.3 is 0 Å². The minimum absolute atomic E-state index is 0.321. The van der Waals surface area contributed by atoms with Crippen molar-refractivity contribution >= 4 is 45.9 Å². The second-order valence-electron chi connectivity index (χ2n) is 6.90. The smallest absolute Gasteiger partial charge is 0.265 e. The third-order valence-electron chi connectivity index (χ3n) is 4.49. The number of oxazole rings is 1. The molecular formula is C23H18Cl2N2O3. The molecule has 0 saturated heterocycles. The molecule has 0 bridgehead atoms. The predicted octanol–water partition coefficient (Wildman–Crippen LogP) is 6.52. The third-order valence-corrected chi connectivity index (χ3v) is 5.02. The number of nitrogens with one attached hydrogen (secondary N) is 1. The fourth-order valence-corrected chi connectivity index (χ4v) is 3.42. The number of ether oxygens (including phenoxy) is 1. The van der Waals surface area contributed by atoms with Gasteiger partial charge in [0.15, 0.2) is 11.7 Å². The van der Waals surface area contributed by atoms with Crippen LogP contribution in [0.3, 0.4) is 0 Å². The van der Waals surface area contributed by atoms with E-state index in [9.17, 15) is 4.79 Å². The Balaban J connectivity index is 1.49. The van der Waals surface area contributed by atoms with Gasteiger partial charge in [0.2, 0.25) is 5.89 Å². The van der Waals surface area contributed by atoms with Gasteiger partial charge in [-0.15, -0.1) is 0 Å². The quantitative estimate of drug-likeness (QED) is 0.383. The van der Waals surface area contributed by atoms with E-state index in [1.165, 1.54) is 0 Å². The van der Waals surface area contributed by atoms with Crippen molar-refractivity contribution in [2.75, 3.05) is 5.32 Å². The number of aryl methyl sites for hydroxylation is 1. The molecule has 0 radical (unpaired) electrons. The first-order chi connectivity index (χ1) is 14.4. The van der Waals surface area contributed by atoms with Gasteiger partial charge in [-0.25, -0.2) is 4.98 Å². The number of carbonyl (C=O) groups is 1. The van der Waals surface area contributed by atoms with Crippen LogP contribution in [0.2, 0.25) is 10.0 Å². The van der Waals surface area contributed by atoms with Gasteiger partial charge in [0.25, 0.3) is 5.91 Å². The van der Waals surface area contributed by atoms with Gasteiger partial charge in [0.1, 0.15) is 11.3 Å². The fourth-order valence-electron chi connectivity index (χ4n) is 2.96. The topological polar surface area (TPSA) is 64.4 Å². The Labute approximate surface area is 183 Å². The van der Waals surface area contributed by atoms with Crippen LogP contribution >= 0.6 is 23.2 Å². The van der Waals surface area contributed by atoms with Crippen LogP contribution in [-0.4, -0.2) is 17.0 Å². The molecule has 0 aliphatic heterocycles. The van der Waals surface area contributed by atoms with E-state index in [-0.39, 0.29) is 5.91 Å². The Kier molecular flexibility index (Phi) is 5.66. The molecule has 1 N–H and O–H groups in total. The summed E-state index contributed by atoms with van der Waals surface area (Å²) < 4.78 is 11.5. The number of amides is 1. The molecule has 1 heterocycles. The molecule has 0 aliphatic carbocycles. The number of nitrogens with zero attached hydrogens (tertiary/aromatic N) is 1. The number of aromatic nitrogens is 1. The van der Waals surface area contributed by atoms with E-state index in [0.717, 1.165) is 11.1 Å². The van der Waals surface area contributed by atoms with Gasteiger partial charge in [0, 0.05) is 22.3 Å². The Bertz CT molecular complexity index is 1240. The largest absolute Gasteiger partial charge is 0.479 e. The Hall–Kier alpha value is -3.02. The zero-order valence-corrected chi connectivity index (χ0v) is 17.8. The summed E-state index contributed by atoms with van der Waals surface area (Å²) in [5, 5.41) is 3.66. The minimum Gasteiger partial charge on any atom is -0.479 e. The molecule has 4 rings (SSSR count). The molecule has 3 aromatic carbocycles. The Morgan fingerprint density at radius 1 is 1.10 bits per heavy atom. The van der Waals surface area contributed by atoms with E-state index in [0.29, 0.717) is 38.5 Å².